The number of aliphatic imine (C=N–C) groups is 1. The summed E-state index contributed by atoms with van der Waals surface area (Å²) in [4.78, 5) is 17.9. The van der Waals surface area contributed by atoms with Crippen molar-refractivity contribution in [1.29, 1.82) is 0 Å². The monoisotopic (exact) mass is 431 g/mol. The summed E-state index contributed by atoms with van der Waals surface area (Å²) >= 11 is 0. The van der Waals surface area contributed by atoms with E-state index in [1.54, 1.807) is 6.33 Å². The first kappa shape index (κ1) is 19.8. The summed E-state index contributed by atoms with van der Waals surface area (Å²) in [5, 5.41) is 5.76. The van der Waals surface area contributed by atoms with E-state index in [0.717, 1.165) is 74.7 Å². The fourth-order valence-corrected chi connectivity index (χ4v) is 5.55. The molecule has 8 nitrogen and oxygen atoms in total. The van der Waals surface area contributed by atoms with Crippen LogP contribution < -0.4 is 4.90 Å². The minimum Gasteiger partial charge on any atom is -0.369 e. The minimum atomic E-state index is -0.0678. The van der Waals surface area contributed by atoms with E-state index in [1.165, 1.54) is 12.0 Å². The van der Waals surface area contributed by atoms with Crippen molar-refractivity contribution in [2.24, 2.45) is 4.99 Å². The fraction of sp³-hybridized carbons (Fsp3) is 0.500. The molecule has 1 aromatic carbocycles. The predicted octanol–water partition coefficient (Wildman–Crippen LogP) is 2.46. The number of benzene rings is 1. The maximum atomic E-state index is 6.11. The van der Waals surface area contributed by atoms with Crippen molar-refractivity contribution in [3.63, 3.8) is 0 Å². The first-order valence-electron chi connectivity index (χ1n) is 11.4. The Bertz CT molecular complexity index is 1160. The van der Waals surface area contributed by atoms with E-state index in [-0.39, 0.29) is 11.0 Å². The molecule has 32 heavy (non-hydrogen) atoms. The van der Waals surface area contributed by atoms with Gasteiger partial charge in [-0.05, 0) is 38.2 Å². The van der Waals surface area contributed by atoms with Gasteiger partial charge in [0.25, 0.3) is 0 Å². The largest absolute Gasteiger partial charge is 0.369 e. The molecule has 0 N–H and O–H groups in total. The predicted molar refractivity (Wildman–Crippen MR) is 125 cm³/mol. The molecule has 1 spiro atoms. The second-order valence-corrected chi connectivity index (χ2v) is 9.71. The summed E-state index contributed by atoms with van der Waals surface area (Å²) in [7, 11) is 2.16. The number of anilines is 1. The van der Waals surface area contributed by atoms with Crippen LogP contribution >= 0.6 is 0 Å². The van der Waals surface area contributed by atoms with Gasteiger partial charge in [-0.3, -0.25) is 0 Å². The molecule has 0 bridgehead atoms. The van der Waals surface area contributed by atoms with Gasteiger partial charge in [0.1, 0.15) is 17.7 Å². The average molecular weight is 432 g/mol. The summed E-state index contributed by atoms with van der Waals surface area (Å²) in [5.41, 5.74) is 2.45. The highest BCUT2D eigenvalue weighted by Gasteiger charge is 2.47. The standard InChI is InChI=1S/C24H29N7O/c1-25-13-23(6-3-7-23)19-5-4-18-12-28-31(20(18)10-19)22-11-21(26-17-27-22)30-15-24(16-30)14-29(2)8-9-32-24/h4-5,10-12,17H,1,3,6-9,13-16H2,2H3. The Balaban J connectivity index is 1.29. The highest BCUT2D eigenvalue weighted by atomic mass is 16.5. The zero-order chi connectivity index (χ0) is 21.8. The van der Waals surface area contributed by atoms with Gasteiger partial charge in [-0.25, -0.2) is 14.6 Å². The van der Waals surface area contributed by atoms with E-state index < -0.39 is 0 Å². The highest BCUT2D eigenvalue weighted by Crippen LogP contribution is 2.44. The Kier molecular flexibility index (Phi) is 4.55. The molecule has 3 fully saturated rings. The summed E-state index contributed by atoms with van der Waals surface area (Å²) in [5.74, 6) is 1.71. The van der Waals surface area contributed by atoms with Gasteiger partial charge in [0, 0.05) is 36.5 Å². The number of hydrogen-bond donors (Lipinski definition) is 0. The normalized spacial score (nSPS) is 22.0. The Morgan fingerprint density at radius 3 is 2.72 bits per heavy atom. The third-order valence-electron chi connectivity index (χ3n) is 7.48. The Labute approximate surface area is 187 Å². The van der Waals surface area contributed by atoms with Crippen LogP contribution in [0.2, 0.25) is 0 Å². The van der Waals surface area contributed by atoms with Crippen LogP contribution in [0.15, 0.2) is 41.8 Å². The number of rotatable bonds is 5. The summed E-state index contributed by atoms with van der Waals surface area (Å²) in [6, 6.07) is 8.68. The number of hydrogen-bond acceptors (Lipinski definition) is 7. The van der Waals surface area contributed by atoms with E-state index >= 15 is 0 Å². The SMILES string of the molecule is C=NCC1(c2ccc3cnn(-c4cc(N5CC6(CN(C)CCO6)C5)ncn4)c3c2)CCC1. The van der Waals surface area contributed by atoms with Crippen LogP contribution in [0.4, 0.5) is 5.82 Å². The van der Waals surface area contributed by atoms with Crippen LogP contribution in [-0.4, -0.2) is 83.3 Å². The van der Waals surface area contributed by atoms with E-state index in [4.69, 9.17) is 4.74 Å². The molecule has 4 heterocycles. The molecule has 166 valence electrons. The van der Waals surface area contributed by atoms with Gasteiger partial charge < -0.3 is 19.5 Å². The summed E-state index contributed by atoms with van der Waals surface area (Å²) in [6.07, 6.45) is 7.12. The van der Waals surface area contributed by atoms with Gasteiger partial charge in [0.15, 0.2) is 5.82 Å². The maximum Gasteiger partial charge on any atom is 0.159 e. The molecule has 2 aliphatic heterocycles. The zero-order valence-corrected chi connectivity index (χ0v) is 18.6. The molecule has 1 saturated carbocycles. The second kappa shape index (κ2) is 7.35. The molecule has 2 aromatic heterocycles. The molecule has 8 heteroatoms. The molecule has 0 atom stereocenters. The molecule has 2 saturated heterocycles. The van der Waals surface area contributed by atoms with E-state index in [0.29, 0.717) is 0 Å². The smallest absolute Gasteiger partial charge is 0.159 e. The van der Waals surface area contributed by atoms with Crippen molar-refractivity contribution in [3.05, 3.63) is 42.4 Å². The minimum absolute atomic E-state index is 0.0678. The van der Waals surface area contributed by atoms with Crippen LogP contribution in [0.5, 0.6) is 0 Å². The molecule has 3 aromatic rings. The lowest BCUT2D eigenvalue weighted by atomic mass is 9.64. The number of nitrogens with zero attached hydrogens (tertiary/aromatic N) is 7. The molecule has 0 amide bonds. The Morgan fingerprint density at radius 1 is 1.12 bits per heavy atom. The summed E-state index contributed by atoms with van der Waals surface area (Å²) < 4.78 is 8.04. The van der Waals surface area contributed by atoms with Crippen molar-refractivity contribution >= 4 is 23.4 Å². The fourth-order valence-electron chi connectivity index (χ4n) is 5.55. The van der Waals surface area contributed by atoms with Crippen molar-refractivity contribution in [3.8, 4) is 5.82 Å². The molecule has 3 aliphatic rings. The average Bonchev–Trinajstić information content (AvgIpc) is 3.18. The van der Waals surface area contributed by atoms with Crippen LogP contribution in [0.3, 0.4) is 0 Å². The van der Waals surface area contributed by atoms with Crippen LogP contribution in [0.1, 0.15) is 24.8 Å². The maximum absolute atomic E-state index is 6.11. The van der Waals surface area contributed by atoms with Crippen molar-refractivity contribution in [2.75, 3.05) is 51.3 Å². The van der Waals surface area contributed by atoms with Gasteiger partial charge in [0.05, 0.1) is 31.4 Å². The van der Waals surface area contributed by atoms with Crippen molar-refractivity contribution in [1.82, 2.24) is 24.6 Å². The molecule has 1 aliphatic carbocycles. The first-order chi connectivity index (χ1) is 15.6. The Hall–Kier alpha value is -2.84. The highest BCUT2D eigenvalue weighted by molar-refractivity contribution is 5.81. The van der Waals surface area contributed by atoms with Crippen molar-refractivity contribution in [2.45, 2.75) is 30.3 Å². The van der Waals surface area contributed by atoms with Crippen LogP contribution in [0, 0.1) is 0 Å². The number of morpholine rings is 1. The second-order valence-electron chi connectivity index (χ2n) is 9.71. The van der Waals surface area contributed by atoms with Crippen LogP contribution in [0.25, 0.3) is 16.7 Å². The Morgan fingerprint density at radius 2 is 1.97 bits per heavy atom. The van der Waals surface area contributed by atoms with Gasteiger partial charge >= 0.3 is 0 Å². The van der Waals surface area contributed by atoms with Gasteiger partial charge in [-0.2, -0.15) is 5.10 Å². The zero-order valence-electron chi connectivity index (χ0n) is 18.6. The first-order valence-corrected chi connectivity index (χ1v) is 11.4. The van der Waals surface area contributed by atoms with Crippen molar-refractivity contribution < 1.29 is 4.74 Å². The topological polar surface area (TPSA) is 71.7 Å². The van der Waals surface area contributed by atoms with Gasteiger partial charge in [-0.15, -0.1) is 0 Å². The quantitative estimate of drug-likeness (QED) is 0.578. The molecular formula is C24H29N7O. The molecule has 0 unspecified atom stereocenters. The number of fused-ring (bicyclic) bond motifs is 1. The lowest BCUT2D eigenvalue weighted by Crippen LogP contribution is -2.70. The third-order valence-corrected chi connectivity index (χ3v) is 7.48. The third kappa shape index (κ3) is 3.12. The molecular weight excluding hydrogens is 402 g/mol. The molecule has 6 rings (SSSR count). The lowest BCUT2D eigenvalue weighted by Gasteiger charge is -2.53. The van der Waals surface area contributed by atoms with E-state index in [2.05, 4.69) is 61.8 Å². The van der Waals surface area contributed by atoms with Gasteiger partial charge in [-0.1, -0.05) is 18.6 Å². The number of ether oxygens (including phenoxy) is 1. The molecule has 0 radical (unpaired) electrons. The van der Waals surface area contributed by atoms with Crippen LogP contribution in [-0.2, 0) is 10.2 Å². The summed E-state index contributed by atoms with van der Waals surface area (Å²) in [6.45, 7) is 8.99. The van der Waals surface area contributed by atoms with E-state index in [9.17, 15) is 0 Å². The number of likely N-dealkylation sites (N-methyl/N-ethyl adjacent to an activating group) is 1. The lowest BCUT2D eigenvalue weighted by molar-refractivity contribution is -0.117. The van der Waals surface area contributed by atoms with E-state index in [1.807, 2.05) is 16.9 Å². The number of aromatic nitrogens is 4. The van der Waals surface area contributed by atoms with Gasteiger partial charge in [0.2, 0.25) is 0 Å².